The van der Waals surface area contributed by atoms with E-state index >= 15 is 0 Å². The number of nitrogens with zero attached hydrogens (tertiary/aromatic N) is 1. The van der Waals surface area contributed by atoms with Crippen molar-refractivity contribution in [2.24, 2.45) is 23.5 Å². The van der Waals surface area contributed by atoms with Gasteiger partial charge in [0, 0.05) is 24.7 Å². The van der Waals surface area contributed by atoms with Crippen molar-refractivity contribution < 1.29 is 9.72 Å². The van der Waals surface area contributed by atoms with Crippen molar-refractivity contribution >= 4 is 11.6 Å². The number of benzene rings is 1. The van der Waals surface area contributed by atoms with Crippen molar-refractivity contribution in [2.75, 3.05) is 0 Å². The van der Waals surface area contributed by atoms with Crippen molar-refractivity contribution in [3.05, 3.63) is 39.9 Å². The number of hydrogen-bond acceptors (Lipinski definition) is 4. The molecule has 6 heteroatoms. The van der Waals surface area contributed by atoms with Gasteiger partial charge in [-0.15, -0.1) is 0 Å². The summed E-state index contributed by atoms with van der Waals surface area (Å²) < 4.78 is 0. The highest BCUT2D eigenvalue weighted by atomic mass is 16.6. The molecule has 112 valence electrons. The topological polar surface area (TPSA) is 98.3 Å². The van der Waals surface area contributed by atoms with Crippen molar-refractivity contribution in [1.29, 1.82) is 0 Å². The summed E-state index contributed by atoms with van der Waals surface area (Å²) in [4.78, 5) is 22.4. The summed E-state index contributed by atoms with van der Waals surface area (Å²) >= 11 is 0. The summed E-state index contributed by atoms with van der Waals surface area (Å²) in [6.07, 6.45) is 3.34. The molecule has 2 saturated carbocycles. The maximum Gasteiger partial charge on any atom is 0.269 e. The van der Waals surface area contributed by atoms with Crippen molar-refractivity contribution in [3.8, 4) is 0 Å². The Morgan fingerprint density at radius 2 is 1.95 bits per heavy atom. The van der Waals surface area contributed by atoms with E-state index in [0.29, 0.717) is 18.4 Å². The Labute approximate surface area is 122 Å². The molecule has 2 aliphatic rings. The van der Waals surface area contributed by atoms with Crippen LogP contribution in [0.5, 0.6) is 0 Å². The van der Waals surface area contributed by atoms with Crippen LogP contribution >= 0.6 is 0 Å². The second kappa shape index (κ2) is 5.44. The SMILES string of the molecule is NC1C2CCC(C2)C1C(=O)NCc1ccc([N+](=O)[O-])cc1. The Morgan fingerprint density at radius 1 is 1.29 bits per heavy atom. The van der Waals surface area contributed by atoms with Gasteiger partial charge in [0.05, 0.1) is 10.8 Å². The van der Waals surface area contributed by atoms with E-state index in [1.165, 1.54) is 12.1 Å². The van der Waals surface area contributed by atoms with Crippen LogP contribution in [0.15, 0.2) is 24.3 Å². The van der Waals surface area contributed by atoms with Crippen molar-refractivity contribution in [1.82, 2.24) is 5.32 Å². The standard InChI is InChI=1S/C15H19N3O3/c16-14-11-4-3-10(7-11)13(14)15(19)17-8-9-1-5-12(6-2-9)18(20)21/h1-2,5-6,10-11,13-14H,3-4,7-8,16H2,(H,17,19). The number of nitro benzene ring substituents is 1. The number of carbonyl (C=O) groups excluding carboxylic acids is 1. The van der Waals surface area contributed by atoms with Crippen LogP contribution in [0.2, 0.25) is 0 Å². The quantitative estimate of drug-likeness (QED) is 0.649. The normalized spacial score (nSPS) is 30.3. The molecule has 2 bridgehead atoms. The highest BCUT2D eigenvalue weighted by molar-refractivity contribution is 5.80. The number of nitro groups is 1. The van der Waals surface area contributed by atoms with Crippen molar-refractivity contribution in [2.45, 2.75) is 31.8 Å². The summed E-state index contributed by atoms with van der Waals surface area (Å²) in [6.45, 7) is 0.386. The van der Waals surface area contributed by atoms with Crippen LogP contribution in [0.4, 0.5) is 5.69 Å². The van der Waals surface area contributed by atoms with Gasteiger partial charge in [-0.25, -0.2) is 0 Å². The highest BCUT2D eigenvalue weighted by Crippen LogP contribution is 2.47. The molecule has 1 aromatic rings. The molecular formula is C15H19N3O3. The number of amides is 1. The third-order valence-electron chi connectivity index (χ3n) is 4.90. The van der Waals surface area contributed by atoms with Gasteiger partial charge in [-0.2, -0.15) is 0 Å². The zero-order chi connectivity index (χ0) is 15.0. The monoisotopic (exact) mass is 289 g/mol. The summed E-state index contributed by atoms with van der Waals surface area (Å²) in [7, 11) is 0. The Bertz CT molecular complexity index is 556. The Balaban J connectivity index is 1.57. The lowest BCUT2D eigenvalue weighted by atomic mass is 9.84. The van der Waals surface area contributed by atoms with Crippen LogP contribution in [0.1, 0.15) is 24.8 Å². The molecule has 3 N–H and O–H groups in total. The van der Waals surface area contributed by atoms with Gasteiger partial charge in [-0.3, -0.25) is 14.9 Å². The molecule has 2 fully saturated rings. The van der Waals surface area contributed by atoms with Gasteiger partial charge in [0.2, 0.25) is 5.91 Å². The molecular weight excluding hydrogens is 270 g/mol. The van der Waals surface area contributed by atoms with Gasteiger partial charge in [-0.1, -0.05) is 12.1 Å². The zero-order valence-electron chi connectivity index (χ0n) is 11.7. The van der Waals surface area contributed by atoms with E-state index in [1.54, 1.807) is 12.1 Å². The molecule has 4 atom stereocenters. The molecule has 21 heavy (non-hydrogen) atoms. The molecule has 4 unspecified atom stereocenters. The number of rotatable bonds is 4. The van der Waals surface area contributed by atoms with Crippen LogP contribution in [0.3, 0.4) is 0 Å². The van der Waals surface area contributed by atoms with Gasteiger partial charge in [0.1, 0.15) is 0 Å². The molecule has 0 radical (unpaired) electrons. The first kappa shape index (κ1) is 14.0. The minimum atomic E-state index is -0.434. The van der Waals surface area contributed by atoms with Gasteiger partial charge in [0.25, 0.3) is 5.69 Å². The average molecular weight is 289 g/mol. The Morgan fingerprint density at radius 3 is 2.52 bits per heavy atom. The fraction of sp³-hybridized carbons (Fsp3) is 0.533. The van der Waals surface area contributed by atoms with Crippen LogP contribution in [0.25, 0.3) is 0 Å². The van der Waals surface area contributed by atoms with Gasteiger partial charge < -0.3 is 11.1 Å². The van der Waals surface area contributed by atoms with Gasteiger partial charge in [-0.05, 0) is 36.7 Å². The van der Waals surface area contributed by atoms with E-state index in [0.717, 1.165) is 24.8 Å². The molecule has 1 amide bonds. The van der Waals surface area contributed by atoms with Gasteiger partial charge in [0.15, 0.2) is 0 Å². The number of nitrogens with two attached hydrogens (primary N) is 1. The lowest BCUT2D eigenvalue weighted by Crippen LogP contribution is -2.45. The smallest absolute Gasteiger partial charge is 0.269 e. The predicted molar refractivity (Wildman–Crippen MR) is 77.2 cm³/mol. The first-order valence-corrected chi connectivity index (χ1v) is 7.33. The largest absolute Gasteiger partial charge is 0.352 e. The summed E-state index contributed by atoms with van der Waals surface area (Å²) in [6, 6.07) is 6.22. The summed E-state index contributed by atoms with van der Waals surface area (Å²) in [5, 5.41) is 13.5. The molecule has 0 aromatic heterocycles. The van der Waals surface area contributed by atoms with E-state index in [9.17, 15) is 14.9 Å². The number of non-ortho nitro benzene ring substituents is 1. The first-order chi connectivity index (χ1) is 10.1. The lowest BCUT2D eigenvalue weighted by molar-refractivity contribution is -0.384. The van der Waals surface area contributed by atoms with E-state index < -0.39 is 4.92 Å². The minimum absolute atomic E-state index is 0.0133. The second-order valence-electron chi connectivity index (χ2n) is 6.08. The molecule has 0 saturated heterocycles. The zero-order valence-corrected chi connectivity index (χ0v) is 11.7. The molecule has 1 aromatic carbocycles. The molecule has 6 nitrogen and oxygen atoms in total. The summed E-state index contributed by atoms with van der Waals surface area (Å²) in [5.74, 6) is 0.891. The van der Waals surface area contributed by atoms with E-state index in [-0.39, 0.29) is 23.6 Å². The Hall–Kier alpha value is -1.95. The molecule has 0 aliphatic heterocycles. The number of carbonyl (C=O) groups is 1. The van der Waals surface area contributed by atoms with Crippen molar-refractivity contribution in [3.63, 3.8) is 0 Å². The van der Waals surface area contributed by atoms with Crippen LogP contribution in [0, 0.1) is 27.9 Å². The maximum atomic E-state index is 12.3. The summed E-state index contributed by atoms with van der Waals surface area (Å²) in [5.41, 5.74) is 7.06. The molecule has 0 heterocycles. The fourth-order valence-corrected chi connectivity index (χ4v) is 3.77. The number of fused-ring (bicyclic) bond motifs is 2. The fourth-order valence-electron chi connectivity index (χ4n) is 3.77. The third kappa shape index (κ3) is 2.63. The van der Waals surface area contributed by atoms with E-state index in [1.807, 2.05) is 0 Å². The predicted octanol–water partition coefficient (Wildman–Crippen LogP) is 1.58. The van der Waals surface area contributed by atoms with Crippen LogP contribution < -0.4 is 11.1 Å². The maximum absolute atomic E-state index is 12.3. The average Bonchev–Trinajstić information content (AvgIpc) is 3.06. The molecule has 3 rings (SSSR count). The minimum Gasteiger partial charge on any atom is -0.352 e. The lowest BCUT2D eigenvalue weighted by Gasteiger charge is -2.27. The molecule has 0 spiro atoms. The highest BCUT2D eigenvalue weighted by Gasteiger charge is 2.48. The number of hydrogen-bond donors (Lipinski definition) is 2. The molecule has 2 aliphatic carbocycles. The van der Waals surface area contributed by atoms with Gasteiger partial charge >= 0.3 is 0 Å². The first-order valence-electron chi connectivity index (χ1n) is 7.33. The third-order valence-corrected chi connectivity index (χ3v) is 4.90. The van der Waals surface area contributed by atoms with E-state index in [2.05, 4.69) is 5.32 Å². The van der Waals surface area contributed by atoms with Crippen LogP contribution in [-0.4, -0.2) is 16.9 Å². The second-order valence-corrected chi connectivity index (χ2v) is 6.08. The Kier molecular flexibility index (Phi) is 3.63. The van der Waals surface area contributed by atoms with Crippen LogP contribution in [-0.2, 0) is 11.3 Å². The number of nitrogens with one attached hydrogen (secondary N) is 1. The van der Waals surface area contributed by atoms with E-state index in [4.69, 9.17) is 5.73 Å².